The molecular weight excluding hydrogens is 328 g/mol. The number of likely N-dealkylation sites (tertiary alicyclic amines) is 1. The van der Waals surface area contributed by atoms with Crippen molar-refractivity contribution in [3.8, 4) is 5.75 Å². The number of ether oxygens (including phenoxy) is 2. The summed E-state index contributed by atoms with van der Waals surface area (Å²) in [6.07, 6.45) is 4.60. The standard InChI is InChI=1S/C21H32N2O3/c1-21(2,3)26-20(24)23-12-9-17-15-19(8-7-18(17)16-23)25-14-13-22-10-5-4-6-11-22/h7-8,15H,4-6,9-14,16H2,1-3H3. The summed E-state index contributed by atoms with van der Waals surface area (Å²) in [7, 11) is 0. The van der Waals surface area contributed by atoms with Crippen molar-refractivity contribution in [1.29, 1.82) is 0 Å². The van der Waals surface area contributed by atoms with E-state index in [-0.39, 0.29) is 6.09 Å². The number of amides is 1. The van der Waals surface area contributed by atoms with Crippen molar-refractivity contribution >= 4 is 6.09 Å². The quantitative estimate of drug-likeness (QED) is 0.818. The van der Waals surface area contributed by atoms with Gasteiger partial charge in [0, 0.05) is 19.6 Å². The Bertz CT molecular complexity index is 618. The fraction of sp³-hybridized carbons (Fsp3) is 0.667. The average molecular weight is 360 g/mol. The number of carbonyl (C=O) groups excluding carboxylic acids is 1. The smallest absolute Gasteiger partial charge is 0.410 e. The Morgan fingerprint density at radius 3 is 2.58 bits per heavy atom. The second kappa shape index (κ2) is 8.30. The van der Waals surface area contributed by atoms with Gasteiger partial charge in [-0.3, -0.25) is 4.90 Å². The fourth-order valence-electron chi connectivity index (χ4n) is 3.58. The summed E-state index contributed by atoms with van der Waals surface area (Å²) in [5, 5.41) is 0. The summed E-state index contributed by atoms with van der Waals surface area (Å²) in [5.41, 5.74) is 2.01. The molecule has 26 heavy (non-hydrogen) atoms. The van der Waals surface area contributed by atoms with Gasteiger partial charge >= 0.3 is 6.09 Å². The van der Waals surface area contributed by atoms with Gasteiger partial charge in [-0.25, -0.2) is 4.79 Å². The van der Waals surface area contributed by atoms with Crippen LogP contribution in [0.25, 0.3) is 0 Å². The SMILES string of the molecule is CC(C)(C)OC(=O)N1CCc2cc(OCCN3CCCCC3)ccc2C1. The first-order chi connectivity index (χ1) is 12.4. The van der Waals surface area contributed by atoms with Gasteiger partial charge in [-0.2, -0.15) is 0 Å². The number of nitrogens with zero attached hydrogens (tertiary/aromatic N) is 2. The lowest BCUT2D eigenvalue weighted by Crippen LogP contribution is -2.39. The number of piperidine rings is 1. The number of carbonyl (C=O) groups is 1. The molecule has 0 atom stereocenters. The van der Waals surface area contributed by atoms with Crippen LogP contribution in [0.15, 0.2) is 18.2 Å². The van der Waals surface area contributed by atoms with Gasteiger partial charge in [0.1, 0.15) is 18.0 Å². The third kappa shape index (κ3) is 5.37. The Balaban J connectivity index is 1.51. The highest BCUT2D eigenvalue weighted by Crippen LogP contribution is 2.25. The molecule has 1 amide bonds. The highest BCUT2D eigenvalue weighted by atomic mass is 16.6. The van der Waals surface area contributed by atoms with Gasteiger partial charge < -0.3 is 14.4 Å². The van der Waals surface area contributed by atoms with Crippen LogP contribution in [0.3, 0.4) is 0 Å². The molecule has 1 fully saturated rings. The zero-order valence-electron chi connectivity index (χ0n) is 16.4. The molecule has 5 nitrogen and oxygen atoms in total. The van der Waals surface area contributed by atoms with E-state index in [4.69, 9.17) is 9.47 Å². The lowest BCUT2D eigenvalue weighted by Gasteiger charge is -2.31. The van der Waals surface area contributed by atoms with Crippen molar-refractivity contribution in [2.75, 3.05) is 32.8 Å². The van der Waals surface area contributed by atoms with Gasteiger partial charge in [-0.05, 0) is 76.4 Å². The van der Waals surface area contributed by atoms with Crippen molar-refractivity contribution in [2.24, 2.45) is 0 Å². The molecule has 2 aliphatic heterocycles. The maximum atomic E-state index is 12.3. The summed E-state index contributed by atoms with van der Waals surface area (Å²) >= 11 is 0. The minimum atomic E-state index is -0.455. The lowest BCUT2D eigenvalue weighted by atomic mass is 10.00. The van der Waals surface area contributed by atoms with Crippen LogP contribution in [-0.4, -0.2) is 54.3 Å². The van der Waals surface area contributed by atoms with E-state index in [0.29, 0.717) is 13.1 Å². The van der Waals surface area contributed by atoms with E-state index >= 15 is 0 Å². The molecule has 0 saturated carbocycles. The third-order valence-electron chi connectivity index (χ3n) is 4.97. The Morgan fingerprint density at radius 2 is 1.85 bits per heavy atom. The first-order valence-electron chi connectivity index (χ1n) is 9.86. The molecule has 0 aliphatic carbocycles. The van der Waals surface area contributed by atoms with E-state index in [9.17, 15) is 4.79 Å². The number of fused-ring (bicyclic) bond motifs is 1. The highest BCUT2D eigenvalue weighted by molar-refractivity contribution is 5.68. The van der Waals surface area contributed by atoms with Crippen LogP contribution in [0.5, 0.6) is 5.75 Å². The molecule has 0 aromatic heterocycles. The van der Waals surface area contributed by atoms with Gasteiger partial charge in [0.2, 0.25) is 0 Å². The second-order valence-electron chi connectivity index (χ2n) is 8.33. The molecule has 1 saturated heterocycles. The minimum absolute atomic E-state index is 0.231. The zero-order chi connectivity index (χ0) is 18.6. The summed E-state index contributed by atoms with van der Waals surface area (Å²) in [6, 6.07) is 6.24. The van der Waals surface area contributed by atoms with Crippen molar-refractivity contribution in [1.82, 2.24) is 9.80 Å². The molecule has 5 heteroatoms. The Kier molecular flexibility index (Phi) is 6.07. The lowest BCUT2D eigenvalue weighted by molar-refractivity contribution is 0.0224. The maximum Gasteiger partial charge on any atom is 0.410 e. The third-order valence-corrected chi connectivity index (χ3v) is 4.97. The van der Waals surface area contributed by atoms with Gasteiger partial charge in [0.15, 0.2) is 0 Å². The number of hydrogen-bond acceptors (Lipinski definition) is 4. The van der Waals surface area contributed by atoms with E-state index in [0.717, 1.165) is 25.3 Å². The molecule has 0 N–H and O–H groups in total. The second-order valence-corrected chi connectivity index (χ2v) is 8.33. The molecule has 3 rings (SSSR count). The fourth-order valence-corrected chi connectivity index (χ4v) is 3.58. The summed E-state index contributed by atoms with van der Waals surface area (Å²) in [4.78, 5) is 16.5. The van der Waals surface area contributed by atoms with Gasteiger partial charge in [-0.1, -0.05) is 12.5 Å². The summed E-state index contributed by atoms with van der Waals surface area (Å²) in [6.45, 7) is 11.1. The van der Waals surface area contributed by atoms with Crippen molar-refractivity contribution in [2.45, 2.75) is 58.6 Å². The number of benzene rings is 1. The van der Waals surface area contributed by atoms with Crippen LogP contribution in [0, 0.1) is 0 Å². The van der Waals surface area contributed by atoms with E-state index in [2.05, 4.69) is 17.0 Å². The number of rotatable bonds is 4. The molecular formula is C21H32N2O3. The zero-order valence-corrected chi connectivity index (χ0v) is 16.4. The summed E-state index contributed by atoms with van der Waals surface area (Å²) < 4.78 is 11.5. The van der Waals surface area contributed by atoms with Crippen molar-refractivity contribution in [3.63, 3.8) is 0 Å². The summed E-state index contributed by atoms with van der Waals surface area (Å²) in [5.74, 6) is 0.937. The van der Waals surface area contributed by atoms with Crippen LogP contribution in [0.1, 0.15) is 51.2 Å². The van der Waals surface area contributed by atoms with E-state index < -0.39 is 5.60 Å². The molecule has 2 aliphatic rings. The minimum Gasteiger partial charge on any atom is -0.492 e. The van der Waals surface area contributed by atoms with Crippen LogP contribution >= 0.6 is 0 Å². The predicted octanol–water partition coefficient (Wildman–Crippen LogP) is 3.84. The molecule has 0 spiro atoms. The normalized spacial score (nSPS) is 18.3. The Labute approximate surface area is 157 Å². The highest BCUT2D eigenvalue weighted by Gasteiger charge is 2.25. The maximum absolute atomic E-state index is 12.3. The monoisotopic (exact) mass is 360 g/mol. The molecule has 0 unspecified atom stereocenters. The molecule has 2 heterocycles. The molecule has 1 aromatic carbocycles. The van der Waals surface area contributed by atoms with Crippen LogP contribution in [0.4, 0.5) is 4.79 Å². The van der Waals surface area contributed by atoms with Gasteiger partial charge in [-0.15, -0.1) is 0 Å². The Hall–Kier alpha value is -1.75. The van der Waals surface area contributed by atoms with Gasteiger partial charge in [0.05, 0.1) is 0 Å². The van der Waals surface area contributed by atoms with E-state index in [1.54, 1.807) is 4.90 Å². The van der Waals surface area contributed by atoms with Crippen molar-refractivity contribution < 1.29 is 14.3 Å². The van der Waals surface area contributed by atoms with E-state index in [1.165, 1.54) is 43.5 Å². The molecule has 1 aromatic rings. The predicted molar refractivity (Wildman–Crippen MR) is 103 cm³/mol. The van der Waals surface area contributed by atoms with Crippen LogP contribution in [-0.2, 0) is 17.7 Å². The molecule has 0 bridgehead atoms. The largest absolute Gasteiger partial charge is 0.492 e. The van der Waals surface area contributed by atoms with Crippen LogP contribution in [0.2, 0.25) is 0 Å². The Morgan fingerprint density at radius 1 is 1.08 bits per heavy atom. The average Bonchev–Trinajstić information content (AvgIpc) is 2.60. The van der Waals surface area contributed by atoms with Crippen LogP contribution < -0.4 is 4.74 Å². The topological polar surface area (TPSA) is 42.0 Å². The van der Waals surface area contributed by atoms with E-state index in [1.807, 2.05) is 26.8 Å². The van der Waals surface area contributed by atoms with Crippen molar-refractivity contribution in [3.05, 3.63) is 29.3 Å². The molecule has 0 radical (unpaired) electrons. The molecule has 144 valence electrons. The first-order valence-corrected chi connectivity index (χ1v) is 9.86. The first kappa shape index (κ1) is 19.0. The number of hydrogen-bond donors (Lipinski definition) is 0. The van der Waals surface area contributed by atoms with Gasteiger partial charge in [0.25, 0.3) is 0 Å².